The lowest BCUT2D eigenvalue weighted by Crippen LogP contribution is -2.10. The smallest absolute Gasteiger partial charge is 0.336 e. The highest BCUT2D eigenvalue weighted by atomic mass is 35.5. The van der Waals surface area contributed by atoms with Crippen LogP contribution in [0.15, 0.2) is 42.5 Å². The van der Waals surface area contributed by atoms with Gasteiger partial charge < -0.3 is 5.11 Å². The average Bonchev–Trinajstić information content (AvgIpc) is 2.37. The van der Waals surface area contributed by atoms with Gasteiger partial charge in [-0.2, -0.15) is 0 Å². The number of hydrogen-bond donors (Lipinski definition) is 1. The maximum absolute atomic E-state index is 11.3. The first-order chi connectivity index (χ1) is 9.29. The zero-order valence-corrected chi connectivity index (χ0v) is 12.5. The highest BCUT2D eigenvalue weighted by Gasteiger charge is 2.15. The fraction of sp³-hybridized carbons (Fsp3) is 0.235. The van der Waals surface area contributed by atoms with Crippen molar-refractivity contribution in [3.05, 3.63) is 58.6 Å². The zero-order valence-electron chi connectivity index (χ0n) is 11.8. The van der Waals surface area contributed by atoms with E-state index in [1.165, 1.54) is 11.6 Å². The Bertz CT molecular complexity index is 637. The predicted molar refractivity (Wildman–Crippen MR) is 82.5 cm³/mol. The van der Waals surface area contributed by atoms with Crippen molar-refractivity contribution < 1.29 is 9.90 Å². The first-order valence-corrected chi connectivity index (χ1v) is 6.80. The first kappa shape index (κ1) is 14.6. The third-order valence-electron chi connectivity index (χ3n) is 3.27. The van der Waals surface area contributed by atoms with Crippen LogP contribution < -0.4 is 0 Å². The van der Waals surface area contributed by atoms with E-state index in [9.17, 15) is 9.90 Å². The number of hydrogen-bond acceptors (Lipinski definition) is 1. The molecule has 0 unspecified atom stereocenters. The fourth-order valence-electron chi connectivity index (χ4n) is 2.09. The first-order valence-electron chi connectivity index (χ1n) is 6.43. The van der Waals surface area contributed by atoms with E-state index in [1.54, 1.807) is 12.1 Å². The largest absolute Gasteiger partial charge is 0.478 e. The summed E-state index contributed by atoms with van der Waals surface area (Å²) in [6.45, 7) is 6.43. The van der Waals surface area contributed by atoms with Crippen LogP contribution in [0.1, 0.15) is 36.7 Å². The van der Waals surface area contributed by atoms with Crippen molar-refractivity contribution in [1.29, 1.82) is 0 Å². The van der Waals surface area contributed by atoms with E-state index >= 15 is 0 Å². The predicted octanol–water partition coefficient (Wildman–Crippen LogP) is 5.00. The second-order valence-electron chi connectivity index (χ2n) is 5.82. The molecule has 2 aromatic carbocycles. The van der Waals surface area contributed by atoms with Gasteiger partial charge in [-0.25, -0.2) is 4.79 Å². The molecule has 1 N–H and O–H groups in total. The van der Waals surface area contributed by atoms with E-state index in [4.69, 9.17) is 11.6 Å². The second kappa shape index (κ2) is 5.29. The summed E-state index contributed by atoms with van der Waals surface area (Å²) >= 11 is 5.98. The van der Waals surface area contributed by atoms with Crippen molar-refractivity contribution in [3.63, 3.8) is 0 Å². The third-order valence-corrected chi connectivity index (χ3v) is 3.51. The Labute approximate surface area is 124 Å². The van der Waals surface area contributed by atoms with Gasteiger partial charge in [0.15, 0.2) is 0 Å². The van der Waals surface area contributed by atoms with Gasteiger partial charge in [-0.3, -0.25) is 0 Å². The topological polar surface area (TPSA) is 37.3 Å². The maximum atomic E-state index is 11.3. The van der Waals surface area contributed by atoms with Crippen molar-refractivity contribution >= 4 is 17.6 Å². The molecule has 0 aromatic heterocycles. The summed E-state index contributed by atoms with van der Waals surface area (Å²) in [5.74, 6) is -0.948. The molecule has 2 nitrogen and oxygen atoms in total. The lowest BCUT2D eigenvalue weighted by Gasteiger charge is -2.19. The van der Waals surface area contributed by atoms with Crippen LogP contribution in [0.2, 0.25) is 5.02 Å². The minimum Gasteiger partial charge on any atom is -0.478 e. The highest BCUT2D eigenvalue weighted by molar-refractivity contribution is 6.31. The number of rotatable bonds is 2. The minimum absolute atomic E-state index is 0.0719. The van der Waals surface area contributed by atoms with Crippen molar-refractivity contribution in [3.8, 4) is 11.1 Å². The number of halogens is 1. The van der Waals surface area contributed by atoms with E-state index in [2.05, 4.69) is 20.8 Å². The van der Waals surface area contributed by atoms with Crippen molar-refractivity contribution in [2.24, 2.45) is 0 Å². The maximum Gasteiger partial charge on any atom is 0.336 e. The molecule has 0 fully saturated rings. The Morgan fingerprint density at radius 1 is 1.05 bits per heavy atom. The molecule has 104 valence electrons. The zero-order chi connectivity index (χ0) is 14.9. The molecule has 0 saturated carbocycles. The molecule has 0 aliphatic rings. The highest BCUT2D eigenvalue weighted by Crippen LogP contribution is 2.30. The number of carboxylic acids is 1. The summed E-state index contributed by atoms with van der Waals surface area (Å²) in [5, 5.41) is 9.79. The van der Waals surface area contributed by atoms with Gasteiger partial charge in [-0.1, -0.05) is 56.6 Å². The molecule has 0 atom stereocenters. The summed E-state index contributed by atoms with van der Waals surface area (Å²) in [7, 11) is 0. The molecule has 0 spiro atoms. The molecule has 2 aromatic rings. The lowest BCUT2D eigenvalue weighted by molar-refractivity contribution is 0.0697. The second-order valence-corrected chi connectivity index (χ2v) is 6.26. The summed E-state index contributed by atoms with van der Waals surface area (Å²) in [4.78, 5) is 11.3. The average molecular weight is 289 g/mol. The van der Waals surface area contributed by atoms with Gasteiger partial charge in [0, 0.05) is 5.02 Å². The molecular weight excluding hydrogens is 272 g/mol. The number of carboxylic acid groups (broad SMARTS) is 1. The van der Waals surface area contributed by atoms with Gasteiger partial charge in [-0.05, 0) is 40.3 Å². The quantitative estimate of drug-likeness (QED) is 0.844. The monoisotopic (exact) mass is 288 g/mol. The minimum atomic E-state index is -0.948. The van der Waals surface area contributed by atoms with E-state index < -0.39 is 5.97 Å². The molecule has 0 radical (unpaired) electrons. The van der Waals surface area contributed by atoms with Gasteiger partial charge >= 0.3 is 5.97 Å². The normalized spacial score (nSPS) is 11.4. The van der Waals surface area contributed by atoms with Gasteiger partial charge in [0.2, 0.25) is 0 Å². The fourth-order valence-corrected chi connectivity index (χ4v) is 2.26. The molecule has 0 aliphatic heterocycles. The van der Waals surface area contributed by atoms with E-state index in [0.717, 1.165) is 5.56 Å². The summed E-state index contributed by atoms with van der Waals surface area (Å²) in [6.07, 6.45) is 0. The third kappa shape index (κ3) is 3.02. The molecule has 0 heterocycles. The van der Waals surface area contributed by atoms with Crippen LogP contribution in [0.5, 0.6) is 0 Å². The Kier molecular flexibility index (Phi) is 3.87. The lowest BCUT2D eigenvalue weighted by atomic mass is 9.86. The standard InChI is InChI=1S/C17H17ClO2/c1-17(2,3)12-6-4-11(5-7-12)15-10-13(18)8-9-14(15)16(19)20/h4-10H,1-3H3,(H,19,20). The van der Waals surface area contributed by atoms with Crippen LogP contribution in [0.3, 0.4) is 0 Å². The molecule has 20 heavy (non-hydrogen) atoms. The van der Waals surface area contributed by atoms with Crippen molar-refractivity contribution in [1.82, 2.24) is 0 Å². The van der Waals surface area contributed by atoms with Gasteiger partial charge in [0.05, 0.1) is 5.56 Å². The SMILES string of the molecule is CC(C)(C)c1ccc(-c2cc(Cl)ccc2C(=O)O)cc1. The van der Waals surface area contributed by atoms with E-state index in [0.29, 0.717) is 10.6 Å². The van der Waals surface area contributed by atoms with E-state index in [-0.39, 0.29) is 11.0 Å². The Morgan fingerprint density at radius 3 is 2.15 bits per heavy atom. The van der Waals surface area contributed by atoms with Crippen LogP contribution >= 0.6 is 11.6 Å². The van der Waals surface area contributed by atoms with Crippen LogP contribution in [-0.4, -0.2) is 11.1 Å². The van der Waals surface area contributed by atoms with Gasteiger partial charge in [0.25, 0.3) is 0 Å². The Hall–Kier alpha value is -1.80. The molecule has 0 bridgehead atoms. The molecule has 0 aliphatic carbocycles. The molecule has 0 amide bonds. The molecular formula is C17H17ClO2. The summed E-state index contributed by atoms with van der Waals surface area (Å²) in [6, 6.07) is 12.8. The number of aromatic carboxylic acids is 1. The Morgan fingerprint density at radius 2 is 1.65 bits per heavy atom. The number of carbonyl (C=O) groups is 1. The summed E-state index contributed by atoms with van der Waals surface area (Å²) < 4.78 is 0. The van der Waals surface area contributed by atoms with Crippen LogP contribution in [0.4, 0.5) is 0 Å². The van der Waals surface area contributed by atoms with Crippen molar-refractivity contribution in [2.45, 2.75) is 26.2 Å². The van der Waals surface area contributed by atoms with Crippen LogP contribution in [-0.2, 0) is 5.41 Å². The number of benzene rings is 2. The molecule has 2 rings (SSSR count). The van der Waals surface area contributed by atoms with Crippen LogP contribution in [0, 0.1) is 0 Å². The molecule has 3 heteroatoms. The van der Waals surface area contributed by atoms with E-state index in [1.807, 2.05) is 24.3 Å². The van der Waals surface area contributed by atoms with Gasteiger partial charge in [-0.15, -0.1) is 0 Å². The molecule has 0 saturated heterocycles. The van der Waals surface area contributed by atoms with Crippen molar-refractivity contribution in [2.75, 3.05) is 0 Å². The van der Waals surface area contributed by atoms with Crippen LogP contribution in [0.25, 0.3) is 11.1 Å². The van der Waals surface area contributed by atoms with Gasteiger partial charge in [0.1, 0.15) is 0 Å². The summed E-state index contributed by atoms with van der Waals surface area (Å²) in [5.41, 5.74) is 3.05. The Balaban J connectivity index is 2.52.